The standard InChI is InChI=1S/C14H14ClNS/c15-12-7-6-11(8-9-16)14(10-12)17-13-4-2-1-3-5-13/h1-7,10H,8-9,16H2. The van der Waals surface area contributed by atoms with E-state index in [0.29, 0.717) is 6.54 Å². The maximum absolute atomic E-state index is 6.04. The minimum absolute atomic E-state index is 0.657. The summed E-state index contributed by atoms with van der Waals surface area (Å²) in [5.41, 5.74) is 6.87. The van der Waals surface area contributed by atoms with Gasteiger partial charge in [-0.15, -0.1) is 0 Å². The summed E-state index contributed by atoms with van der Waals surface area (Å²) in [5.74, 6) is 0. The van der Waals surface area contributed by atoms with Crippen LogP contribution in [-0.2, 0) is 6.42 Å². The highest BCUT2D eigenvalue weighted by Gasteiger charge is 2.04. The van der Waals surface area contributed by atoms with E-state index < -0.39 is 0 Å². The molecule has 0 aromatic heterocycles. The van der Waals surface area contributed by atoms with Crippen molar-refractivity contribution in [2.75, 3.05) is 6.54 Å². The summed E-state index contributed by atoms with van der Waals surface area (Å²) >= 11 is 7.77. The second kappa shape index (κ2) is 6.10. The highest BCUT2D eigenvalue weighted by molar-refractivity contribution is 7.99. The maximum atomic E-state index is 6.04. The number of halogens is 1. The molecule has 0 heterocycles. The van der Waals surface area contributed by atoms with Crippen LogP contribution >= 0.6 is 23.4 Å². The van der Waals surface area contributed by atoms with Crippen LogP contribution < -0.4 is 5.73 Å². The van der Waals surface area contributed by atoms with Crippen LogP contribution in [0.5, 0.6) is 0 Å². The van der Waals surface area contributed by atoms with Gasteiger partial charge in [0.25, 0.3) is 0 Å². The van der Waals surface area contributed by atoms with Crippen LogP contribution in [0, 0.1) is 0 Å². The summed E-state index contributed by atoms with van der Waals surface area (Å²) in [5, 5.41) is 0.768. The molecule has 0 radical (unpaired) electrons. The Morgan fingerprint density at radius 3 is 2.53 bits per heavy atom. The van der Waals surface area contributed by atoms with Gasteiger partial charge in [0.15, 0.2) is 0 Å². The summed E-state index contributed by atoms with van der Waals surface area (Å²) < 4.78 is 0. The zero-order chi connectivity index (χ0) is 12.1. The molecule has 2 N–H and O–H groups in total. The van der Waals surface area contributed by atoms with E-state index >= 15 is 0 Å². The molecule has 0 atom stereocenters. The van der Waals surface area contributed by atoms with Gasteiger partial charge in [0.2, 0.25) is 0 Å². The summed E-state index contributed by atoms with van der Waals surface area (Å²) in [6.45, 7) is 0.657. The predicted octanol–water partition coefficient (Wildman–Crippen LogP) is 3.99. The molecule has 1 nitrogen and oxygen atoms in total. The third-order valence-corrected chi connectivity index (χ3v) is 3.76. The fraction of sp³-hybridized carbons (Fsp3) is 0.143. The quantitative estimate of drug-likeness (QED) is 0.903. The van der Waals surface area contributed by atoms with Crippen LogP contribution in [0.3, 0.4) is 0 Å². The number of hydrogen-bond acceptors (Lipinski definition) is 2. The first kappa shape index (κ1) is 12.5. The van der Waals surface area contributed by atoms with Crippen LogP contribution in [0.1, 0.15) is 5.56 Å². The molecule has 17 heavy (non-hydrogen) atoms. The van der Waals surface area contributed by atoms with Gasteiger partial charge in [-0.3, -0.25) is 0 Å². The minimum atomic E-state index is 0.657. The first-order valence-electron chi connectivity index (χ1n) is 5.51. The van der Waals surface area contributed by atoms with Crippen LogP contribution in [0.15, 0.2) is 58.3 Å². The molecule has 0 spiro atoms. The smallest absolute Gasteiger partial charge is 0.0417 e. The topological polar surface area (TPSA) is 26.0 Å². The van der Waals surface area contributed by atoms with Gasteiger partial charge in [-0.25, -0.2) is 0 Å². The predicted molar refractivity (Wildman–Crippen MR) is 74.8 cm³/mol. The van der Waals surface area contributed by atoms with Crippen molar-refractivity contribution in [3.63, 3.8) is 0 Å². The van der Waals surface area contributed by atoms with Crippen LogP contribution in [0.2, 0.25) is 5.02 Å². The highest BCUT2D eigenvalue weighted by atomic mass is 35.5. The van der Waals surface area contributed by atoms with Crippen LogP contribution in [0.4, 0.5) is 0 Å². The van der Waals surface area contributed by atoms with Crippen LogP contribution in [-0.4, -0.2) is 6.54 Å². The monoisotopic (exact) mass is 263 g/mol. The molecular formula is C14H14ClNS. The molecule has 2 rings (SSSR count). The van der Waals surface area contributed by atoms with Crippen molar-refractivity contribution in [1.82, 2.24) is 0 Å². The molecule has 88 valence electrons. The van der Waals surface area contributed by atoms with Gasteiger partial charge >= 0.3 is 0 Å². The first-order valence-corrected chi connectivity index (χ1v) is 6.70. The third kappa shape index (κ3) is 3.50. The Morgan fingerprint density at radius 2 is 1.82 bits per heavy atom. The van der Waals surface area contributed by atoms with Crippen molar-refractivity contribution in [2.45, 2.75) is 16.2 Å². The van der Waals surface area contributed by atoms with E-state index in [1.165, 1.54) is 15.4 Å². The minimum Gasteiger partial charge on any atom is -0.330 e. The number of rotatable bonds is 4. The largest absolute Gasteiger partial charge is 0.330 e. The third-order valence-electron chi connectivity index (χ3n) is 2.41. The molecule has 0 aliphatic rings. The van der Waals surface area contributed by atoms with Crippen LogP contribution in [0.25, 0.3) is 0 Å². The number of hydrogen-bond donors (Lipinski definition) is 1. The zero-order valence-corrected chi connectivity index (χ0v) is 11.0. The number of benzene rings is 2. The molecule has 0 unspecified atom stereocenters. The molecule has 0 aliphatic carbocycles. The Labute approximate surface area is 111 Å². The molecule has 0 aliphatic heterocycles. The first-order chi connectivity index (χ1) is 8.29. The Hall–Kier alpha value is -0.960. The summed E-state index contributed by atoms with van der Waals surface area (Å²) in [6, 6.07) is 16.3. The van der Waals surface area contributed by atoms with Crippen molar-refractivity contribution in [2.24, 2.45) is 5.73 Å². The van der Waals surface area contributed by atoms with Gasteiger partial charge in [0.1, 0.15) is 0 Å². The van der Waals surface area contributed by atoms with E-state index in [1.807, 2.05) is 30.3 Å². The van der Waals surface area contributed by atoms with Crippen molar-refractivity contribution >= 4 is 23.4 Å². The van der Waals surface area contributed by atoms with E-state index in [-0.39, 0.29) is 0 Å². The fourth-order valence-corrected chi connectivity index (χ4v) is 2.87. The number of nitrogens with two attached hydrogens (primary N) is 1. The zero-order valence-electron chi connectivity index (χ0n) is 9.40. The van der Waals surface area contributed by atoms with Crippen molar-refractivity contribution in [1.29, 1.82) is 0 Å². The highest BCUT2D eigenvalue weighted by Crippen LogP contribution is 2.32. The SMILES string of the molecule is NCCc1ccc(Cl)cc1Sc1ccccc1. The molecule has 2 aromatic carbocycles. The van der Waals surface area contributed by atoms with Gasteiger partial charge in [0.05, 0.1) is 0 Å². The normalized spacial score (nSPS) is 10.5. The molecule has 2 aromatic rings. The Balaban J connectivity index is 2.27. The van der Waals surface area contributed by atoms with E-state index in [1.54, 1.807) is 11.8 Å². The van der Waals surface area contributed by atoms with Gasteiger partial charge < -0.3 is 5.73 Å². The Bertz CT molecular complexity index is 485. The second-order valence-electron chi connectivity index (χ2n) is 3.71. The second-order valence-corrected chi connectivity index (χ2v) is 5.26. The molecule has 0 amide bonds. The van der Waals surface area contributed by atoms with E-state index in [2.05, 4.69) is 18.2 Å². The summed E-state index contributed by atoms with van der Waals surface area (Å²) in [7, 11) is 0. The average Bonchev–Trinajstić information content (AvgIpc) is 2.34. The molecule has 0 saturated carbocycles. The van der Waals surface area contributed by atoms with E-state index in [4.69, 9.17) is 17.3 Å². The molecule has 3 heteroatoms. The maximum Gasteiger partial charge on any atom is 0.0417 e. The lowest BCUT2D eigenvalue weighted by atomic mass is 10.1. The van der Waals surface area contributed by atoms with Crippen molar-refractivity contribution in [3.05, 3.63) is 59.1 Å². The van der Waals surface area contributed by atoms with Gasteiger partial charge in [-0.05, 0) is 42.8 Å². The van der Waals surface area contributed by atoms with E-state index in [0.717, 1.165) is 11.4 Å². The van der Waals surface area contributed by atoms with Gasteiger partial charge in [-0.2, -0.15) is 0 Å². The average molecular weight is 264 g/mol. The van der Waals surface area contributed by atoms with Gasteiger partial charge in [-0.1, -0.05) is 47.6 Å². The van der Waals surface area contributed by atoms with E-state index in [9.17, 15) is 0 Å². The van der Waals surface area contributed by atoms with Crippen molar-refractivity contribution in [3.8, 4) is 0 Å². The molecule has 0 fully saturated rings. The molecule has 0 bridgehead atoms. The van der Waals surface area contributed by atoms with Gasteiger partial charge in [0, 0.05) is 14.8 Å². The lowest BCUT2D eigenvalue weighted by molar-refractivity contribution is 0.944. The lowest BCUT2D eigenvalue weighted by Crippen LogP contribution is -2.03. The molecular weight excluding hydrogens is 250 g/mol. The fourth-order valence-electron chi connectivity index (χ4n) is 1.60. The lowest BCUT2D eigenvalue weighted by Gasteiger charge is -2.08. The summed E-state index contributed by atoms with van der Waals surface area (Å²) in [6.07, 6.45) is 0.881. The Kier molecular flexibility index (Phi) is 4.49. The molecule has 0 saturated heterocycles. The Morgan fingerprint density at radius 1 is 1.06 bits per heavy atom. The van der Waals surface area contributed by atoms with Crippen molar-refractivity contribution < 1.29 is 0 Å². The summed E-state index contributed by atoms with van der Waals surface area (Å²) in [4.78, 5) is 2.40.